The lowest BCUT2D eigenvalue weighted by atomic mass is 9.90. The van der Waals surface area contributed by atoms with Crippen LogP contribution in [-0.4, -0.2) is 36.3 Å². The lowest BCUT2D eigenvalue weighted by Gasteiger charge is -2.21. The second-order valence-corrected chi connectivity index (χ2v) is 5.51. The fourth-order valence-corrected chi connectivity index (χ4v) is 2.17. The summed E-state index contributed by atoms with van der Waals surface area (Å²) in [6, 6.07) is 5.34. The Morgan fingerprint density at radius 1 is 1.43 bits per heavy atom. The first-order valence-electron chi connectivity index (χ1n) is 6.90. The number of carbonyl (C=O) groups is 1. The van der Waals surface area contributed by atoms with E-state index in [1.807, 2.05) is 6.26 Å². The van der Waals surface area contributed by atoms with Crippen molar-refractivity contribution in [2.24, 2.45) is 4.99 Å². The minimum atomic E-state index is -1.24. The number of thioether (sulfide) groups is 1. The van der Waals surface area contributed by atoms with Gasteiger partial charge < -0.3 is 9.84 Å². The Morgan fingerprint density at radius 3 is 2.52 bits per heavy atom. The molecule has 2 atom stereocenters. The van der Waals surface area contributed by atoms with Crippen molar-refractivity contribution in [2.75, 3.05) is 13.4 Å². The fraction of sp³-hybridized carbons (Fsp3) is 0.294. The van der Waals surface area contributed by atoms with E-state index in [0.717, 1.165) is 0 Å². The summed E-state index contributed by atoms with van der Waals surface area (Å²) in [6.07, 6.45) is 3.87. The van der Waals surface area contributed by atoms with Crippen LogP contribution < -0.4 is 0 Å². The average molecular weight is 337 g/mol. The van der Waals surface area contributed by atoms with Crippen molar-refractivity contribution in [2.45, 2.75) is 18.9 Å². The molecule has 1 aromatic carbocycles. The van der Waals surface area contributed by atoms with Crippen LogP contribution in [0.4, 0.5) is 4.39 Å². The molecule has 0 aliphatic carbocycles. The molecule has 2 unspecified atom stereocenters. The summed E-state index contributed by atoms with van der Waals surface area (Å²) in [7, 11) is 1.23. The molecule has 4 nitrogen and oxygen atoms in total. The van der Waals surface area contributed by atoms with Crippen LogP contribution in [0.5, 0.6) is 0 Å². The SMILES string of the molecule is C=C(/N=C(\C=C/C)C(O)C(C(=O)OC)c1ccc(F)cc1)SC. The smallest absolute Gasteiger partial charge is 0.316 e. The molecule has 1 N–H and O–H groups in total. The number of aliphatic imine (C=N–C) groups is 1. The molecule has 0 saturated heterocycles. The van der Waals surface area contributed by atoms with E-state index in [1.54, 1.807) is 19.1 Å². The molecule has 6 heteroatoms. The van der Waals surface area contributed by atoms with Crippen LogP contribution in [0.2, 0.25) is 0 Å². The highest BCUT2D eigenvalue weighted by Crippen LogP contribution is 2.24. The Kier molecular flexibility index (Phi) is 7.71. The fourth-order valence-electron chi connectivity index (χ4n) is 1.98. The summed E-state index contributed by atoms with van der Waals surface area (Å²) >= 11 is 1.33. The van der Waals surface area contributed by atoms with Gasteiger partial charge >= 0.3 is 5.97 Å². The number of aliphatic hydroxyl groups excluding tert-OH is 1. The summed E-state index contributed by atoms with van der Waals surface area (Å²) in [5.74, 6) is -2.06. The Labute approximate surface area is 139 Å². The van der Waals surface area contributed by atoms with E-state index >= 15 is 0 Å². The lowest BCUT2D eigenvalue weighted by molar-refractivity contribution is -0.144. The van der Waals surface area contributed by atoms with Gasteiger partial charge in [0.2, 0.25) is 0 Å². The number of halogens is 1. The normalized spacial score (nSPS) is 14.6. The second kappa shape index (κ2) is 9.27. The summed E-state index contributed by atoms with van der Waals surface area (Å²) in [4.78, 5) is 16.4. The van der Waals surface area contributed by atoms with E-state index in [-0.39, 0.29) is 5.71 Å². The molecule has 0 aliphatic rings. The van der Waals surface area contributed by atoms with Crippen LogP contribution in [0.3, 0.4) is 0 Å². The van der Waals surface area contributed by atoms with Crippen LogP contribution in [0.1, 0.15) is 18.4 Å². The third kappa shape index (κ3) is 5.33. The molecule has 1 aromatic rings. The molecule has 0 aromatic heterocycles. The van der Waals surface area contributed by atoms with Crippen molar-refractivity contribution in [1.29, 1.82) is 0 Å². The van der Waals surface area contributed by atoms with E-state index in [2.05, 4.69) is 11.6 Å². The van der Waals surface area contributed by atoms with E-state index in [4.69, 9.17) is 4.74 Å². The van der Waals surface area contributed by atoms with Crippen LogP contribution in [0.15, 0.2) is 53.0 Å². The molecule has 0 aliphatic heterocycles. The highest BCUT2D eigenvalue weighted by Gasteiger charge is 2.32. The number of rotatable bonds is 7. The number of hydrogen-bond donors (Lipinski definition) is 1. The van der Waals surface area contributed by atoms with Crippen molar-refractivity contribution in [3.63, 3.8) is 0 Å². The van der Waals surface area contributed by atoms with E-state index in [9.17, 15) is 14.3 Å². The first-order chi connectivity index (χ1) is 10.9. The topological polar surface area (TPSA) is 58.9 Å². The van der Waals surface area contributed by atoms with Gasteiger partial charge in [0.15, 0.2) is 0 Å². The van der Waals surface area contributed by atoms with Gasteiger partial charge in [0.25, 0.3) is 0 Å². The van der Waals surface area contributed by atoms with E-state index < -0.39 is 23.8 Å². The van der Waals surface area contributed by atoms with Crippen LogP contribution in [-0.2, 0) is 9.53 Å². The maximum atomic E-state index is 13.1. The molecule has 0 bridgehead atoms. The quantitative estimate of drug-likeness (QED) is 0.613. The van der Waals surface area contributed by atoms with Crippen molar-refractivity contribution in [3.05, 3.63) is 59.4 Å². The van der Waals surface area contributed by atoms with Gasteiger partial charge in [-0.2, -0.15) is 0 Å². The van der Waals surface area contributed by atoms with Gasteiger partial charge in [0.1, 0.15) is 17.8 Å². The van der Waals surface area contributed by atoms with Crippen molar-refractivity contribution in [1.82, 2.24) is 0 Å². The Hall–Kier alpha value is -1.92. The maximum Gasteiger partial charge on any atom is 0.316 e. The zero-order valence-electron chi connectivity index (χ0n) is 13.3. The van der Waals surface area contributed by atoms with Crippen molar-refractivity contribution in [3.8, 4) is 0 Å². The molecular formula is C17H20FNO3S. The zero-order chi connectivity index (χ0) is 17.4. The number of hydrogen-bond acceptors (Lipinski definition) is 5. The number of nitrogens with zero attached hydrogens (tertiary/aromatic N) is 1. The number of benzene rings is 1. The second-order valence-electron chi connectivity index (χ2n) is 4.63. The summed E-state index contributed by atoms with van der Waals surface area (Å²) < 4.78 is 17.9. The molecule has 0 saturated carbocycles. The molecule has 1 rings (SSSR count). The van der Waals surface area contributed by atoms with Gasteiger partial charge in [-0.25, -0.2) is 9.38 Å². The third-order valence-corrected chi connectivity index (χ3v) is 3.69. The Balaban J connectivity index is 3.28. The first-order valence-corrected chi connectivity index (χ1v) is 8.12. The number of aliphatic hydroxyl groups is 1. The number of ether oxygens (including phenoxy) is 1. The average Bonchev–Trinajstić information content (AvgIpc) is 2.55. The zero-order valence-corrected chi connectivity index (χ0v) is 14.1. The summed E-state index contributed by atoms with van der Waals surface area (Å²) in [6.45, 7) is 5.52. The van der Waals surface area contributed by atoms with Gasteiger partial charge in [0.05, 0.1) is 17.9 Å². The number of allylic oxidation sites excluding steroid dienone is 1. The Bertz CT molecular complexity index is 611. The standard InChI is InChI=1S/C17H20FNO3S/c1-5-6-14(19-11(2)23-4)16(20)15(17(21)22-3)12-7-9-13(18)10-8-12/h5-10,15-16,20H,2H2,1,3-4H3/b6-5-,19-14+. The minimum Gasteiger partial charge on any atom is -0.468 e. The largest absolute Gasteiger partial charge is 0.468 e. The van der Waals surface area contributed by atoms with Crippen LogP contribution in [0.25, 0.3) is 0 Å². The number of esters is 1. The molecule has 124 valence electrons. The minimum absolute atomic E-state index is 0.284. The number of carbonyl (C=O) groups excluding carboxylic acids is 1. The van der Waals surface area contributed by atoms with Crippen molar-refractivity contribution < 1.29 is 19.0 Å². The van der Waals surface area contributed by atoms with Crippen molar-refractivity contribution >= 4 is 23.4 Å². The molecule has 0 fully saturated rings. The Morgan fingerprint density at radius 2 is 2.04 bits per heavy atom. The molecule has 0 amide bonds. The molecule has 0 heterocycles. The maximum absolute atomic E-state index is 13.1. The molecule has 23 heavy (non-hydrogen) atoms. The third-order valence-electron chi connectivity index (χ3n) is 3.13. The van der Waals surface area contributed by atoms with E-state index in [1.165, 1.54) is 43.1 Å². The highest BCUT2D eigenvalue weighted by molar-refractivity contribution is 8.02. The first kappa shape index (κ1) is 19.1. The summed E-state index contributed by atoms with van der Waals surface area (Å²) in [5.41, 5.74) is 0.726. The van der Waals surface area contributed by atoms with Gasteiger partial charge in [-0.15, -0.1) is 11.8 Å². The van der Waals surface area contributed by atoms with Gasteiger partial charge in [0, 0.05) is 0 Å². The monoisotopic (exact) mass is 337 g/mol. The van der Waals surface area contributed by atoms with Gasteiger partial charge in [-0.1, -0.05) is 24.8 Å². The predicted octanol–water partition coefficient (Wildman–Crippen LogP) is 3.29. The lowest BCUT2D eigenvalue weighted by Crippen LogP contribution is -2.33. The van der Waals surface area contributed by atoms with Crippen LogP contribution >= 0.6 is 11.8 Å². The molecule has 0 spiro atoms. The van der Waals surface area contributed by atoms with Gasteiger partial charge in [-0.05, 0) is 37.0 Å². The van der Waals surface area contributed by atoms with E-state index in [0.29, 0.717) is 10.6 Å². The van der Waals surface area contributed by atoms with Crippen LogP contribution in [0, 0.1) is 5.82 Å². The highest BCUT2D eigenvalue weighted by atomic mass is 32.2. The van der Waals surface area contributed by atoms with Gasteiger partial charge in [-0.3, -0.25) is 4.79 Å². The number of methoxy groups -OCH3 is 1. The predicted molar refractivity (Wildman–Crippen MR) is 92.1 cm³/mol. The molecular weight excluding hydrogens is 317 g/mol. The summed E-state index contributed by atoms with van der Waals surface area (Å²) in [5, 5.41) is 11.1. The molecule has 0 radical (unpaired) electrons.